The molecule has 18 heteroatoms. The summed E-state index contributed by atoms with van der Waals surface area (Å²) in [4.78, 5) is 44.5. The van der Waals surface area contributed by atoms with Gasteiger partial charge in [0.15, 0.2) is 29.1 Å². The molecule has 0 aliphatic carbocycles. The maximum Gasteiger partial charge on any atom is 0.340 e. The second-order valence-electron chi connectivity index (χ2n) is 8.22. The summed E-state index contributed by atoms with van der Waals surface area (Å²) in [7, 11) is -7.47. The zero-order valence-corrected chi connectivity index (χ0v) is 20.5. The summed E-state index contributed by atoms with van der Waals surface area (Å²) in [6.07, 6.45) is -4.15. The fraction of sp³-hybridized carbons (Fsp3) is 0.688. The normalized spacial score (nSPS) is 28.5. The van der Waals surface area contributed by atoms with E-state index >= 15 is 0 Å². The van der Waals surface area contributed by atoms with Crippen molar-refractivity contribution in [1.82, 2.24) is 24.4 Å². The van der Waals surface area contributed by atoms with E-state index in [0.717, 1.165) is 13.1 Å². The highest BCUT2D eigenvalue weighted by Gasteiger charge is 2.46. The Labute approximate surface area is 198 Å². The monoisotopic (exact) mass is 542 g/mol. The van der Waals surface area contributed by atoms with Gasteiger partial charge in [0.05, 0.1) is 12.9 Å². The summed E-state index contributed by atoms with van der Waals surface area (Å²) < 4.78 is 34.6. The Morgan fingerprint density at radius 3 is 2.47 bits per heavy atom. The molecule has 0 bridgehead atoms. The van der Waals surface area contributed by atoms with Gasteiger partial charge in [-0.1, -0.05) is 0 Å². The van der Waals surface area contributed by atoms with Gasteiger partial charge in [-0.05, 0) is 18.6 Å². The van der Waals surface area contributed by atoms with E-state index in [0.29, 0.717) is 24.4 Å². The van der Waals surface area contributed by atoms with Gasteiger partial charge >= 0.3 is 15.2 Å². The van der Waals surface area contributed by atoms with Crippen LogP contribution in [0, 0.1) is 0 Å². The number of hydrogen-bond acceptors (Lipinski definition) is 11. The van der Waals surface area contributed by atoms with Crippen LogP contribution < -0.4 is 4.90 Å². The fourth-order valence-electron chi connectivity index (χ4n) is 3.86. The summed E-state index contributed by atoms with van der Waals surface area (Å²) in [5.41, 5.74) is 0.668. The van der Waals surface area contributed by atoms with Crippen molar-refractivity contribution in [3.8, 4) is 0 Å². The third kappa shape index (κ3) is 5.61. The van der Waals surface area contributed by atoms with E-state index in [1.54, 1.807) is 0 Å². The maximum atomic E-state index is 11.9. The standard InChI is InChI=1S/C16H25ClN6O9P2/c1-21-2-4-22(5-3-21)13-10-14(20-16(17)19-13)23(7-18-10)15-12(25)11(24)9(32-15)6-31-34(29,30)8-33(26,27)28/h7,9,11-12,15,24-25H,2-6,8H2,1H3,(H,29,30)(H2,26,27,28)/t9-,11?,12?,15-/m1/s1. The van der Waals surface area contributed by atoms with Gasteiger partial charge in [-0.3, -0.25) is 13.7 Å². The Kier molecular flexibility index (Phi) is 7.36. The first-order valence-corrected chi connectivity index (χ1v) is 14.1. The van der Waals surface area contributed by atoms with Crippen molar-refractivity contribution >= 4 is 43.8 Å². The van der Waals surface area contributed by atoms with E-state index < -0.39 is 52.2 Å². The quantitative estimate of drug-likeness (QED) is 0.214. The number of hydrogen-bond donors (Lipinski definition) is 5. The van der Waals surface area contributed by atoms with Crippen LogP contribution in [0.25, 0.3) is 11.2 Å². The highest BCUT2D eigenvalue weighted by molar-refractivity contribution is 7.70. The molecule has 0 saturated carbocycles. The lowest BCUT2D eigenvalue weighted by Crippen LogP contribution is -2.45. The summed E-state index contributed by atoms with van der Waals surface area (Å²) in [6.45, 7) is 2.33. The molecular weight excluding hydrogens is 518 g/mol. The number of halogens is 1. The number of piperazine rings is 1. The largest absolute Gasteiger partial charge is 0.387 e. The van der Waals surface area contributed by atoms with Crippen molar-refractivity contribution in [3.63, 3.8) is 0 Å². The number of aliphatic hydroxyl groups excluding tert-OH is 2. The molecule has 2 saturated heterocycles. The molecule has 2 aliphatic rings. The van der Waals surface area contributed by atoms with Crippen LogP contribution in [0.15, 0.2) is 6.33 Å². The Hall–Kier alpha value is -1.22. The van der Waals surface area contributed by atoms with Crippen molar-refractivity contribution in [2.75, 3.05) is 50.6 Å². The number of aromatic nitrogens is 4. The zero-order valence-electron chi connectivity index (χ0n) is 18.0. The molecule has 2 aromatic heterocycles. The second-order valence-corrected chi connectivity index (χ2v) is 12.5. The number of nitrogens with zero attached hydrogens (tertiary/aromatic N) is 6. The van der Waals surface area contributed by atoms with Crippen molar-refractivity contribution in [3.05, 3.63) is 11.6 Å². The van der Waals surface area contributed by atoms with Crippen LogP contribution in [0.5, 0.6) is 0 Å². The lowest BCUT2D eigenvalue weighted by molar-refractivity contribution is -0.0483. The molecule has 15 nitrogen and oxygen atoms in total. The Morgan fingerprint density at radius 1 is 1.15 bits per heavy atom. The van der Waals surface area contributed by atoms with Gasteiger partial charge in [-0.2, -0.15) is 9.97 Å². The average Bonchev–Trinajstić information content (AvgIpc) is 3.26. The van der Waals surface area contributed by atoms with Gasteiger partial charge in [-0.15, -0.1) is 0 Å². The van der Waals surface area contributed by atoms with Crippen LogP contribution in [0.4, 0.5) is 5.82 Å². The first kappa shape index (κ1) is 25.9. The number of likely N-dealkylation sites (N-methyl/N-ethyl adjacent to an activating group) is 1. The molecule has 34 heavy (non-hydrogen) atoms. The van der Waals surface area contributed by atoms with Crippen molar-refractivity contribution < 1.29 is 43.3 Å². The zero-order chi connectivity index (χ0) is 24.8. The fourth-order valence-corrected chi connectivity index (χ4v) is 6.59. The highest BCUT2D eigenvalue weighted by Crippen LogP contribution is 2.55. The van der Waals surface area contributed by atoms with Crippen LogP contribution in [-0.2, 0) is 18.4 Å². The van der Waals surface area contributed by atoms with Crippen LogP contribution >= 0.6 is 26.8 Å². The minimum absolute atomic E-state index is 0.0465. The molecule has 190 valence electrons. The number of aliphatic hydroxyl groups is 2. The maximum absolute atomic E-state index is 11.9. The van der Waals surface area contributed by atoms with Gasteiger partial charge in [-0.25, -0.2) is 4.98 Å². The van der Waals surface area contributed by atoms with E-state index in [1.807, 2.05) is 11.9 Å². The van der Waals surface area contributed by atoms with Crippen molar-refractivity contribution in [1.29, 1.82) is 0 Å². The highest BCUT2D eigenvalue weighted by atomic mass is 35.5. The van der Waals surface area contributed by atoms with E-state index in [9.17, 15) is 24.2 Å². The minimum Gasteiger partial charge on any atom is -0.387 e. The van der Waals surface area contributed by atoms with Gasteiger partial charge in [0.1, 0.15) is 18.3 Å². The molecule has 4 heterocycles. The Balaban J connectivity index is 1.55. The average molecular weight is 543 g/mol. The van der Waals surface area contributed by atoms with Crippen molar-refractivity contribution in [2.45, 2.75) is 24.5 Å². The van der Waals surface area contributed by atoms with Crippen LogP contribution in [-0.4, -0.2) is 113 Å². The topological polar surface area (TPSA) is 204 Å². The first-order valence-electron chi connectivity index (χ1n) is 10.2. The van der Waals surface area contributed by atoms with Crippen LogP contribution in [0.1, 0.15) is 6.23 Å². The Morgan fingerprint density at radius 2 is 1.82 bits per heavy atom. The SMILES string of the molecule is CN1CCN(c2nc(Cl)nc3c2ncn3[C@@H]2O[C@H](COP(=O)(O)CP(=O)(O)O)C(O)C2O)CC1. The number of fused-ring (bicyclic) bond motifs is 1. The van der Waals surface area contributed by atoms with Crippen molar-refractivity contribution in [2.24, 2.45) is 0 Å². The molecule has 3 unspecified atom stereocenters. The molecule has 4 rings (SSSR count). The van der Waals surface area contributed by atoms with E-state index in [2.05, 4.69) is 19.9 Å². The molecular formula is C16H25ClN6O9P2. The number of imidazole rings is 1. The molecule has 5 atom stereocenters. The molecule has 2 fully saturated rings. The number of rotatable bonds is 7. The molecule has 2 aliphatic heterocycles. The predicted molar refractivity (Wildman–Crippen MR) is 119 cm³/mol. The molecule has 2 aromatic rings. The number of anilines is 1. The van der Waals surface area contributed by atoms with E-state index in [-0.39, 0.29) is 10.9 Å². The van der Waals surface area contributed by atoms with Crippen LogP contribution in [0.2, 0.25) is 5.28 Å². The smallest absolute Gasteiger partial charge is 0.340 e. The van der Waals surface area contributed by atoms with E-state index in [4.69, 9.17) is 30.6 Å². The molecule has 5 N–H and O–H groups in total. The van der Waals surface area contributed by atoms with Gasteiger partial charge < -0.3 is 44.0 Å². The second kappa shape index (κ2) is 9.68. The van der Waals surface area contributed by atoms with Crippen LogP contribution in [0.3, 0.4) is 0 Å². The summed E-state index contributed by atoms with van der Waals surface area (Å²) in [5.74, 6) is -0.862. The summed E-state index contributed by atoms with van der Waals surface area (Å²) >= 11 is 6.16. The third-order valence-electron chi connectivity index (χ3n) is 5.59. The van der Waals surface area contributed by atoms with Gasteiger partial charge in [0, 0.05) is 26.2 Å². The molecule has 0 radical (unpaired) electrons. The summed E-state index contributed by atoms with van der Waals surface area (Å²) in [5, 5.41) is 20.9. The van der Waals surface area contributed by atoms with E-state index in [1.165, 1.54) is 10.9 Å². The van der Waals surface area contributed by atoms with Gasteiger partial charge in [0.2, 0.25) is 5.28 Å². The predicted octanol–water partition coefficient (Wildman–Crippen LogP) is -0.812. The lowest BCUT2D eigenvalue weighted by Gasteiger charge is -2.33. The number of ether oxygens (including phenoxy) is 1. The molecule has 0 spiro atoms. The first-order chi connectivity index (χ1) is 15.8. The summed E-state index contributed by atoms with van der Waals surface area (Å²) in [6, 6.07) is 0. The lowest BCUT2D eigenvalue weighted by atomic mass is 10.1. The minimum atomic E-state index is -4.82. The van der Waals surface area contributed by atoms with Gasteiger partial charge in [0.25, 0.3) is 0 Å². The molecule has 0 aromatic carbocycles. The third-order valence-corrected chi connectivity index (χ3v) is 9.22. The molecule has 0 amide bonds. The Bertz CT molecular complexity index is 1140.